The minimum atomic E-state index is -1.05. The van der Waals surface area contributed by atoms with Gasteiger partial charge in [-0.3, -0.25) is 19.7 Å². The zero-order valence-electron chi connectivity index (χ0n) is 12.7. The van der Waals surface area contributed by atoms with E-state index in [1.54, 1.807) is 0 Å². The van der Waals surface area contributed by atoms with E-state index in [9.17, 15) is 24.5 Å². The van der Waals surface area contributed by atoms with Gasteiger partial charge in [0.2, 0.25) is 5.91 Å². The van der Waals surface area contributed by atoms with Crippen LogP contribution in [0.5, 0.6) is 0 Å². The number of amides is 2. The van der Waals surface area contributed by atoms with Gasteiger partial charge in [-0.15, -0.1) is 0 Å². The van der Waals surface area contributed by atoms with Gasteiger partial charge in [0, 0.05) is 30.7 Å². The number of carbonyl (C=O) groups is 3. The van der Waals surface area contributed by atoms with Crippen molar-refractivity contribution in [1.82, 2.24) is 10.6 Å². The largest absolute Gasteiger partial charge is 0.480 e. The molecule has 0 aromatic heterocycles. The van der Waals surface area contributed by atoms with Crippen molar-refractivity contribution in [3.8, 4) is 0 Å². The first-order chi connectivity index (χ1) is 11.4. The normalized spacial score (nSPS) is 14.5. The van der Waals surface area contributed by atoms with Crippen LogP contribution in [0.2, 0.25) is 0 Å². The number of carboxylic acids is 1. The van der Waals surface area contributed by atoms with Crippen LogP contribution in [0.4, 0.5) is 5.69 Å². The van der Waals surface area contributed by atoms with Gasteiger partial charge in [-0.2, -0.15) is 0 Å². The van der Waals surface area contributed by atoms with Crippen LogP contribution in [0, 0.1) is 16.0 Å². The highest BCUT2D eigenvalue weighted by molar-refractivity contribution is 5.94. The molecule has 3 N–H and O–H groups in total. The molecule has 1 aliphatic rings. The number of hydrogen-bond acceptors (Lipinski definition) is 5. The van der Waals surface area contributed by atoms with Gasteiger partial charge in [-0.05, 0) is 30.9 Å². The van der Waals surface area contributed by atoms with E-state index >= 15 is 0 Å². The second-order valence-electron chi connectivity index (χ2n) is 5.53. The van der Waals surface area contributed by atoms with Crippen molar-refractivity contribution in [2.45, 2.75) is 25.3 Å². The van der Waals surface area contributed by atoms with E-state index < -0.39 is 28.7 Å². The van der Waals surface area contributed by atoms with Crippen LogP contribution in [0.25, 0.3) is 0 Å². The summed E-state index contributed by atoms with van der Waals surface area (Å²) in [7, 11) is 0. The smallest absolute Gasteiger partial charge is 0.326 e. The van der Waals surface area contributed by atoms with E-state index in [-0.39, 0.29) is 30.1 Å². The van der Waals surface area contributed by atoms with Crippen molar-refractivity contribution in [2.24, 2.45) is 5.92 Å². The molecule has 2 amide bonds. The number of carboxylic acid groups (broad SMARTS) is 1. The lowest BCUT2D eigenvalue weighted by Gasteiger charge is -2.13. The van der Waals surface area contributed by atoms with Crippen LogP contribution in [0.15, 0.2) is 24.3 Å². The molecule has 1 saturated carbocycles. The zero-order chi connectivity index (χ0) is 17.7. The summed E-state index contributed by atoms with van der Waals surface area (Å²) < 4.78 is 0. The Morgan fingerprint density at radius 1 is 1.25 bits per heavy atom. The fourth-order valence-electron chi connectivity index (χ4n) is 2.18. The van der Waals surface area contributed by atoms with Crippen molar-refractivity contribution in [3.05, 3.63) is 39.9 Å². The Morgan fingerprint density at radius 2 is 1.88 bits per heavy atom. The van der Waals surface area contributed by atoms with Crippen LogP contribution in [0.1, 0.15) is 29.6 Å². The van der Waals surface area contributed by atoms with Gasteiger partial charge >= 0.3 is 5.97 Å². The lowest BCUT2D eigenvalue weighted by Crippen LogP contribution is -2.43. The minimum absolute atomic E-state index is 0.0128. The first kappa shape index (κ1) is 17.4. The molecule has 1 fully saturated rings. The molecule has 1 unspecified atom stereocenters. The molecular weight excluding hydrogens is 318 g/mol. The molecule has 128 valence electrons. The highest BCUT2D eigenvalue weighted by Crippen LogP contribution is 2.32. The molecule has 24 heavy (non-hydrogen) atoms. The minimum Gasteiger partial charge on any atom is -0.480 e. The maximum atomic E-state index is 11.8. The van der Waals surface area contributed by atoms with Gasteiger partial charge in [-0.25, -0.2) is 4.79 Å². The van der Waals surface area contributed by atoms with Crippen molar-refractivity contribution in [3.63, 3.8) is 0 Å². The number of carbonyl (C=O) groups excluding carboxylic acids is 2. The van der Waals surface area contributed by atoms with E-state index in [4.69, 9.17) is 5.11 Å². The Morgan fingerprint density at radius 3 is 2.38 bits per heavy atom. The topological polar surface area (TPSA) is 139 Å². The number of benzene rings is 1. The third-order valence-electron chi connectivity index (χ3n) is 3.65. The maximum absolute atomic E-state index is 11.8. The van der Waals surface area contributed by atoms with Crippen LogP contribution in [0.3, 0.4) is 0 Å². The molecule has 0 bridgehead atoms. The Bertz CT molecular complexity index is 654. The first-order valence-corrected chi connectivity index (χ1v) is 7.43. The molecule has 9 heteroatoms. The molecule has 0 spiro atoms. The fraction of sp³-hybridized carbons (Fsp3) is 0.400. The van der Waals surface area contributed by atoms with Crippen molar-refractivity contribution in [1.29, 1.82) is 0 Å². The Balaban J connectivity index is 1.76. The van der Waals surface area contributed by atoms with Gasteiger partial charge in [0.25, 0.3) is 11.6 Å². The molecule has 0 radical (unpaired) electrons. The molecule has 0 heterocycles. The Labute approximate surface area is 137 Å². The summed E-state index contributed by atoms with van der Waals surface area (Å²) in [5.41, 5.74) is 0.119. The summed E-state index contributed by atoms with van der Waals surface area (Å²) in [5, 5.41) is 24.5. The van der Waals surface area contributed by atoms with Gasteiger partial charge in [-0.1, -0.05) is 0 Å². The molecule has 1 aromatic rings. The number of aliphatic carboxylic acids is 1. The molecule has 0 saturated heterocycles. The van der Waals surface area contributed by atoms with E-state index in [2.05, 4.69) is 10.6 Å². The van der Waals surface area contributed by atoms with Crippen LogP contribution >= 0.6 is 0 Å². The summed E-state index contributed by atoms with van der Waals surface area (Å²) in [4.78, 5) is 44.6. The lowest BCUT2D eigenvalue weighted by atomic mass is 10.2. The first-order valence-electron chi connectivity index (χ1n) is 7.43. The maximum Gasteiger partial charge on any atom is 0.326 e. The van der Waals surface area contributed by atoms with E-state index in [0.717, 1.165) is 12.8 Å². The number of nitro groups is 1. The second kappa shape index (κ2) is 7.53. The third kappa shape index (κ3) is 4.77. The average molecular weight is 335 g/mol. The monoisotopic (exact) mass is 335 g/mol. The van der Waals surface area contributed by atoms with E-state index in [1.807, 2.05) is 0 Å². The van der Waals surface area contributed by atoms with E-state index in [0.29, 0.717) is 0 Å². The van der Waals surface area contributed by atoms with Gasteiger partial charge < -0.3 is 15.7 Å². The number of rotatable bonds is 8. The molecule has 0 aliphatic heterocycles. The summed E-state index contributed by atoms with van der Waals surface area (Å²) in [6, 6.07) is 4.20. The number of nitrogens with zero attached hydrogens (tertiary/aromatic N) is 1. The molecule has 1 atom stereocenters. The Hall–Kier alpha value is -2.97. The fourth-order valence-corrected chi connectivity index (χ4v) is 2.18. The SMILES string of the molecule is O=C(CCNC(=O)c1ccc([N+](=O)[O-])cc1)NC(C(=O)O)C1CC1. The summed E-state index contributed by atoms with van der Waals surface area (Å²) >= 11 is 0. The molecule has 9 nitrogen and oxygen atoms in total. The summed E-state index contributed by atoms with van der Waals surface area (Å²) in [6.45, 7) is 0.0403. The van der Waals surface area contributed by atoms with Crippen molar-refractivity contribution < 1.29 is 24.4 Å². The second-order valence-corrected chi connectivity index (χ2v) is 5.53. The number of non-ortho nitro benzene ring substituents is 1. The predicted molar refractivity (Wildman–Crippen MR) is 82.3 cm³/mol. The molecule has 1 aromatic carbocycles. The lowest BCUT2D eigenvalue weighted by molar-refractivity contribution is -0.384. The molecule has 2 rings (SSSR count). The van der Waals surface area contributed by atoms with Crippen LogP contribution in [-0.2, 0) is 9.59 Å². The quantitative estimate of drug-likeness (QED) is 0.472. The van der Waals surface area contributed by atoms with Gasteiger partial charge in [0.15, 0.2) is 0 Å². The van der Waals surface area contributed by atoms with Crippen LogP contribution in [-0.4, -0.2) is 40.4 Å². The number of nitrogens with one attached hydrogen (secondary N) is 2. The predicted octanol–water partition coefficient (Wildman–Crippen LogP) is 0.694. The van der Waals surface area contributed by atoms with Crippen molar-refractivity contribution in [2.75, 3.05) is 6.54 Å². The van der Waals surface area contributed by atoms with Crippen LogP contribution < -0.4 is 10.6 Å². The summed E-state index contributed by atoms with van der Waals surface area (Å²) in [6.07, 6.45) is 1.53. The third-order valence-corrected chi connectivity index (χ3v) is 3.65. The number of hydrogen-bond donors (Lipinski definition) is 3. The van der Waals surface area contributed by atoms with E-state index in [1.165, 1.54) is 24.3 Å². The number of nitro benzene ring substituents is 1. The van der Waals surface area contributed by atoms with Crippen molar-refractivity contribution >= 4 is 23.5 Å². The molecule has 1 aliphatic carbocycles. The average Bonchev–Trinajstić information content (AvgIpc) is 3.37. The standard InChI is InChI=1S/C15H17N3O6/c19-12(17-13(15(21)22)9-1-2-9)7-8-16-14(20)10-3-5-11(6-4-10)18(23)24/h3-6,9,13H,1-2,7-8H2,(H,16,20)(H,17,19)(H,21,22). The zero-order valence-corrected chi connectivity index (χ0v) is 12.7. The highest BCUT2D eigenvalue weighted by Gasteiger charge is 2.37. The van der Waals surface area contributed by atoms with Gasteiger partial charge in [0.1, 0.15) is 6.04 Å². The summed E-state index contributed by atoms with van der Waals surface area (Å²) in [5.74, 6) is -1.98. The van der Waals surface area contributed by atoms with Gasteiger partial charge in [0.05, 0.1) is 4.92 Å². The highest BCUT2D eigenvalue weighted by atomic mass is 16.6. The molecular formula is C15H17N3O6. The Kier molecular flexibility index (Phi) is 5.46.